The molecule has 1 atom stereocenters. The number of halogens is 6. The van der Waals surface area contributed by atoms with Crippen LogP contribution in [-0.2, 0) is 23.5 Å². The molecule has 0 saturated heterocycles. The Morgan fingerprint density at radius 1 is 1.28 bits per heavy atom. The van der Waals surface area contributed by atoms with Crippen molar-refractivity contribution in [3.8, 4) is 0 Å². The highest BCUT2D eigenvalue weighted by atomic mass is 35.5. The molecule has 4 nitrogen and oxygen atoms in total. The number of hydrogen-bond donors (Lipinski definition) is 2. The molecule has 3 heterocycles. The topological polar surface area (TPSA) is 59.6 Å². The number of hydrogen-bond acceptors (Lipinski definition) is 5. The molecule has 2 aliphatic heterocycles. The van der Waals surface area contributed by atoms with Gasteiger partial charge in [0.25, 0.3) is 5.60 Å². The number of thiophene rings is 1. The normalized spacial score (nSPS) is 21.1. The van der Waals surface area contributed by atoms with E-state index in [2.05, 4.69) is 10.5 Å². The summed E-state index contributed by atoms with van der Waals surface area (Å²) in [6.07, 6.45) is -5.54. The average Bonchev–Trinajstić information content (AvgIpc) is 3.32. The molecule has 0 amide bonds. The van der Waals surface area contributed by atoms with Crippen LogP contribution in [0.15, 0.2) is 17.3 Å². The third-order valence-corrected chi connectivity index (χ3v) is 6.98. The van der Waals surface area contributed by atoms with Crippen LogP contribution in [-0.4, -0.2) is 16.9 Å². The van der Waals surface area contributed by atoms with Crippen molar-refractivity contribution in [1.82, 2.24) is 5.32 Å². The van der Waals surface area contributed by atoms with Gasteiger partial charge in [0.05, 0.1) is 27.1 Å². The molecule has 4 rings (SSSR count). The van der Waals surface area contributed by atoms with Crippen molar-refractivity contribution in [2.24, 2.45) is 10.9 Å². The fraction of sp³-hybridized carbons (Fsp3) is 0.294. The number of fused-ring (bicyclic) bond motifs is 1. The van der Waals surface area contributed by atoms with Crippen LogP contribution < -0.4 is 11.1 Å². The van der Waals surface area contributed by atoms with Crippen LogP contribution >= 0.6 is 46.8 Å². The minimum Gasteiger partial charge on any atom is -0.389 e. The molecular formula is C17H11Cl2F4N3OS2. The predicted molar refractivity (Wildman–Crippen MR) is 107 cm³/mol. The molecular weight excluding hydrogens is 473 g/mol. The Bertz CT molecular complexity index is 1050. The summed E-state index contributed by atoms with van der Waals surface area (Å²) in [5, 5.41) is 5.80. The Kier molecular flexibility index (Phi) is 5.06. The second-order valence-electron chi connectivity index (χ2n) is 6.56. The van der Waals surface area contributed by atoms with Crippen molar-refractivity contribution in [3.63, 3.8) is 0 Å². The zero-order chi connectivity index (χ0) is 21.1. The van der Waals surface area contributed by atoms with E-state index in [-0.39, 0.29) is 10.7 Å². The molecule has 154 valence electrons. The minimum atomic E-state index is -4.89. The van der Waals surface area contributed by atoms with Crippen LogP contribution in [0.5, 0.6) is 0 Å². The second kappa shape index (κ2) is 7.05. The van der Waals surface area contributed by atoms with Gasteiger partial charge in [-0.15, -0.1) is 11.3 Å². The Labute approximate surface area is 181 Å². The van der Waals surface area contributed by atoms with Crippen molar-refractivity contribution in [2.75, 3.05) is 0 Å². The Hall–Kier alpha value is -1.46. The molecule has 2 aromatic rings. The fourth-order valence-electron chi connectivity index (χ4n) is 3.45. The van der Waals surface area contributed by atoms with Crippen molar-refractivity contribution >= 4 is 57.5 Å². The Morgan fingerprint density at radius 2 is 1.93 bits per heavy atom. The van der Waals surface area contributed by atoms with E-state index in [0.717, 1.165) is 22.6 Å². The molecule has 0 fully saturated rings. The van der Waals surface area contributed by atoms with Crippen molar-refractivity contribution in [3.05, 3.63) is 54.4 Å². The van der Waals surface area contributed by atoms with Gasteiger partial charge < -0.3 is 15.9 Å². The molecule has 1 aromatic carbocycles. The molecule has 2 aliphatic rings. The lowest BCUT2D eigenvalue weighted by molar-refractivity contribution is -0.275. The lowest BCUT2D eigenvalue weighted by Gasteiger charge is -2.29. The van der Waals surface area contributed by atoms with Gasteiger partial charge >= 0.3 is 6.18 Å². The van der Waals surface area contributed by atoms with Gasteiger partial charge in [0.2, 0.25) is 0 Å². The maximum Gasteiger partial charge on any atom is 0.435 e. The smallest absolute Gasteiger partial charge is 0.389 e. The first-order valence-electron chi connectivity index (χ1n) is 8.17. The molecule has 12 heteroatoms. The molecule has 0 saturated carbocycles. The highest BCUT2D eigenvalue weighted by molar-refractivity contribution is 7.81. The summed E-state index contributed by atoms with van der Waals surface area (Å²) in [4.78, 5) is 6.49. The Balaban J connectivity index is 1.83. The van der Waals surface area contributed by atoms with E-state index in [9.17, 15) is 17.6 Å². The minimum absolute atomic E-state index is 0.0582. The van der Waals surface area contributed by atoms with Crippen LogP contribution in [0.1, 0.15) is 32.9 Å². The van der Waals surface area contributed by atoms with E-state index in [0.29, 0.717) is 23.5 Å². The zero-order valence-corrected chi connectivity index (χ0v) is 17.4. The molecule has 0 aliphatic carbocycles. The van der Waals surface area contributed by atoms with E-state index in [1.165, 1.54) is 11.3 Å². The highest BCUT2D eigenvalue weighted by Gasteiger charge is 2.63. The van der Waals surface area contributed by atoms with Gasteiger partial charge in [-0.05, 0) is 17.7 Å². The van der Waals surface area contributed by atoms with Gasteiger partial charge in [0.15, 0.2) is 5.82 Å². The van der Waals surface area contributed by atoms with Gasteiger partial charge in [0.1, 0.15) is 4.99 Å². The summed E-state index contributed by atoms with van der Waals surface area (Å²) < 4.78 is 56.3. The average molecular weight is 484 g/mol. The monoisotopic (exact) mass is 483 g/mol. The molecule has 1 unspecified atom stereocenters. The van der Waals surface area contributed by atoms with E-state index < -0.39 is 39.6 Å². The summed E-state index contributed by atoms with van der Waals surface area (Å²) in [5.41, 5.74) is 3.79. The third-order valence-electron chi connectivity index (χ3n) is 4.83. The van der Waals surface area contributed by atoms with Gasteiger partial charge in [-0.25, -0.2) is 4.39 Å². The van der Waals surface area contributed by atoms with E-state index in [1.54, 1.807) is 0 Å². The predicted octanol–water partition coefficient (Wildman–Crippen LogP) is 5.01. The number of nitrogens with zero attached hydrogens (tertiary/aromatic N) is 1. The first-order valence-corrected chi connectivity index (χ1v) is 10.2. The lowest BCUT2D eigenvalue weighted by Crippen LogP contribution is -2.42. The van der Waals surface area contributed by atoms with Crippen LogP contribution in [0.4, 0.5) is 17.6 Å². The molecule has 0 spiro atoms. The number of nitrogens with two attached hydrogens (primary N) is 1. The van der Waals surface area contributed by atoms with E-state index in [4.69, 9.17) is 46.0 Å². The number of alkyl halides is 3. The van der Waals surface area contributed by atoms with E-state index >= 15 is 0 Å². The quantitative estimate of drug-likeness (QED) is 0.365. The standard InChI is InChI=1S/C17H11Cl2F4N3OS2/c18-8-1-6(2-9(19)13(8)20)16(17(21,22)23)3-10(26-27-16)12-7-4-25-5-11(7)29-14(12)15(24)28/h1-2,25H,3-5H2,(H2,24,28). The summed E-state index contributed by atoms with van der Waals surface area (Å²) in [7, 11) is 0. The van der Waals surface area contributed by atoms with Crippen LogP contribution in [0.3, 0.4) is 0 Å². The van der Waals surface area contributed by atoms with Gasteiger partial charge in [-0.3, -0.25) is 0 Å². The second-order valence-corrected chi connectivity index (χ2v) is 8.92. The summed E-state index contributed by atoms with van der Waals surface area (Å²) >= 11 is 17.8. The maximum atomic E-state index is 14.2. The van der Waals surface area contributed by atoms with Gasteiger partial charge in [0, 0.05) is 29.1 Å². The summed E-state index contributed by atoms with van der Waals surface area (Å²) in [6.45, 7) is 1.02. The van der Waals surface area contributed by atoms with E-state index in [1.807, 2.05) is 0 Å². The van der Waals surface area contributed by atoms with Gasteiger partial charge in [-0.1, -0.05) is 40.6 Å². The largest absolute Gasteiger partial charge is 0.435 e. The lowest BCUT2D eigenvalue weighted by atomic mass is 9.85. The number of nitrogens with one attached hydrogen (secondary N) is 1. The summed E-state index contributed by atoms with van der Waals surface area (Å²) in [5.74, 6) is -1.01. The zero-order valence-electron chi connectivity index (χ0n) is 14.3. The SMILES string of the molecule is NC(=S)c1sc2c(c1C1=NOC(c3cc(Cl)c(F)c(Cl)c3)(C(F)(F)F)C1)CNC2. The van der Waals surface area contributed by atoms with Crippen LogP contribution in [0, 0.1) is 5.82 Å². The number of thiocarbonyl (C=S) groups is 1. The first kappa shape index (κ1) is 20.8. The van der Waals surface area contributed by atoms with Crippen molar-refractivity contribution < 1.29 is 22.4 Å². The van der Waals surface area contributed by atoms with Gasteiger partial charge in [-0.2, -0.15) is 13.2 Å². The van der Waals surface area contributed by atoms with Crippen LogP contribution in [0.2, 0.25) is 10.0 Å². The van der Waals surface area contributed by atoms with Crippen molar-refractivity contribution in [2.45, 2.75) is 31.3 Å². The first-order chi connectivity index (χ1) is 13.5. The highest BCUT2D eigenvalue weighted by Crippen LogP contribution is 2.51. The fourth-order valence-corrected chi connectivity index (χ4v) is 5.32. The number of benzene rings is 1. The van der Waals surface area contributed by atoms with Crippen molar-refractivity contribution in [1.29, 1.82) is 0 Å². The number of oxime groups is 1. The molecule has 1 aromatic heterocycles. The molecule has 29 heavy (non-hydrogen) atoms. The molecule has 0 bridgehead atoms. The Morgan fingerprint density at radius 3 is 2.52 bits per heavy atom. The summed E-state index contributed by atoms with van der Waals surface area (Å²) in [6, 6.07) is 1.70. The number of rotatable bonds is 3. The molecule has 3 N–H and O–H groups in total. The third kappa shape index (κ3) is 3.21. The van der Waals surface area contributed by atoms with Crippen LogP contribution in [0.25, 0.3) is 0 Å². The maximum absolute atomic E-state index is 14.2. The molecule has 0 radical (unpaired) electrons.